The maximum atomic E-state index is 11.4. The second kappa shape index (κ2) is 8.81. The number of thioether (sulfide) groups is 2. The fourth-order valence-electron chi connectivity index (χ4n) is 2.08. The van der Waals surface area contributed by atoms with E-state index in [0.717, 1.165) is 30.8 Å². The summed E-state index contributed by atoms with van der Waals surface area (Å²) in [6.07, 6.45) is 5.32. The molecule has 1 amide bonds. The molecule has 1 heterocycles. The Labute approximate surface area is 131 Å². The molecule has 0 atom stereocenters. The van der Waals surface area contributed by atoms with E-state index in [1.54, 1.807) is 28.4 Å². The number of hydrogen-bond acceptors (Lipinski definition) is 5. The van der Waals surface area contributed by atoms with Crippen LogP contribution in [0.4, 0.5) is 0 Å². The lowest BCUT2D eigenvalue weighted by molar-refractivity contribution is -0.118. The fourth-order valence-corrected chi connectivity index (χ4v) is 5.37. The van der Waals surface area contributed by atoms with Gasteiger partial charge in [-0.25, -0.2) is 0 Å². The summed E-state index contributed by atoms with van der Waals surface area (Å²) in [5.74, 6) is 1.79. The highest BCUT2D eigenvalue weighted by Crippen LogP contribution is 2.44. The summed E-state index contributed by atoms with van der Waals surface area (Å²) in [7, 11) is 4.13. The zero-order chi connectivity index (χ0) is 15.0. The maximum absolute atomic E-state index is 11.4. The molecule has 0 spiro atoms. The van der Waals surface area contributed by atoms with Gasteiger partial charge in [0.15, 0.2) is 0 Å². The van der Waals surface area contributed by atoms with Gasteiger partial charge in [0.05, 0.1) is 0 Å². The van der Waals surface area contributed by atoms with E-state index in [1.807, 2.05) is 0 Å². The van der Waals surface area contributed by atoms with Crippen LogP contribution in [0.5, 0.6) is 0 Å². The van der Waals surface area contributed by atoms with Gasteiger partial charge < -0.3 is 9.80 Å². The van der Waals surface area contributed by atoms with Gasteiger partial charge in [-0.15, -0.1) is 23.5 Å². The quantitative estimate of drug-likeness (QED) is 0.509. The van der Waals surface area contributed by atoms with Crippen molar-refractivity contribution in [3.05, 3.63) is 0 Å². The first-order valence-electron chi connectivity index (χ1n) is 7.17. The molecule has 1 saturated heterocycles. The molecule has 0 aliphatic carbocycles. The molecule has 4 nitrogen and oxygen atoms in total. The Morgan fingerprint density at radius 2 is 1.95 bits per heavy atom. The molecule has 0 aromatic rings. The number of carbonyl (C=O) groups excluding carboxylic acids is 1. The molecule has 1 rings (SSSR count). The Kier molecular flexibility index (Phi) is 7.78. The van der Waals surface area contributed by atoms with Crippen LogP contribution in [-0.2, 0) is 4.79 Å². The molecule has 0 radical (unpaired) electrons. The minimum absolute atomic E-state index is 0.472. The summed E-state index contributed by atoms with van der Waals surface area (Å²) < 4.78 is -0.722. The second-order valence-electron chi connectivity index (χ2n) is 5.29. The van der Waals surface area contributed by atoms with Crippen molar-refractivity contribution in [3.63, 3.8) is 0 Å². The highest BCUT2D eigenvalue weighted by molar-refractivity contribution is 8.19. The minimum Gasteiger partial charge on any atom is -0.310 e. The molecular formula is C14H25N3OS2. The number of rotatable bonds is 8. The van der Waals surface area contributed by atoms with Gasteiger partial charge in [0.1, 0.15) is 6.07 Å². The third-order valence-electron chi connectivity index (χ3n) is 3.57. The molecule has 0 bridgehead atoms. The van der Waals surface area contributed by atoms with Crippen molar-refractivity contribution in [2.24, 2.45) is 0 Å². The lowest BCUT2D eigenvalue weighted by Gasteiger charge is -2.41. The Morgan fingerprint density at radius 1 is 1.30 bits per heavy atom. The van der Waals surface area contributed by atoms with E-state index in [4.69, 9.17) is 0 Å². The SMILES string of the molecule is CCCCCCN(C=O)C1(C#N)SCC(N(C)C)CS1. The third kappa shape index (κ3) is 4.57. The van der Waals surface area contributed by atoms with Crippen molar-refractivity contribution in [1.29, 1.82) is 5.26 Å². The summed E-state index contributed by atoms with van der Waals surface area (Å²) in [4.78, 5) is 15.3. The van der Waals surface area contributed by atoms with Crippen LogP contribution in [0.3, 0.4) is 0 Å². The molecule has 1 aliphatic rings. The number of amides is 1. The number of nitrogens with zero attached hydrogens (tertiary/aromatic N) is 3. The molecule has 0 aromatic heterocycles. The van der Waals surface area contributed by atoms with Gasteiger partial charge in [-0.3, -0.25) is 4.79 Å². The smallest absolute Gasteiger partial charge is 0.224 e. The molecule has 0 unspecified atom stereocenters. The standard InChI is InChI=1S/C14H25N3OS2/c1-4-5-6-7-8-17(12-18)14(11-15)19-9-13(10-20-14)16(2)3/h12-13H,4-10H2,1-3H3. The van der Waals surface area contributed by atoms with Gasteiger partial charge in [-0.05, 0) is 20.5 Å². The highest BCUT2D eigenvalue weighted by atomic mass is 32.2. The molecule has 1 aliphatic heterocycles. The topological polar surface area (TPSA) is 47.3 Å². The summed E-state index contributed by atoms with van der Waals surface area (Å²) >= 11 is 3.20. The van der Waals surface area contributed by atoms with Gasteiger partial charge in [-0.1, -0.05) is 26.2 Å². The van der Waals surface area contributed by atoms with E-state index in [9.17, 15) is 10.1 Å². The van der Waals surface area contributed by atoms with Crippen molar-refractivity contribution in [2.75, 3.05) is 32.1 Å². The van der Waals surface area contributed by atoms with Crippen LogP contribution in [0.25, 0.3) is 0 Å². The van der Waals surface area contributed by atoms with E-state index < -0.39 is 4.20 Å². The zero-order valence-corrected chi connectivity index (χ0v) is 14.3. The van der Waals surface area contributed by atoms with Gasteiger partial charge >= 0.3 is 0 Å². The largest absolute Gasteiger partial charge is 0.310 e. The zero-order valence-electron chi connectivity index (χ0n) is 12.7. The van der Waals surface area contributed by atoms with E-state index >= 15 is 0 Å². The first-order valence-corrected chi connectivity index (χ1v) is 9.14. The first-order chi connectivity index (χ1) is 9.59. The van der Waals surface area contributed by atoms with Crippen molar-refractivity contribution < 1.29 is 4.79 Å². The predicted molar refractivity (Wildman–Crippen MR) is 87.6 cm³/mol. The Bertz CT molecular complexity index is 336. The average molecular weight is 316 g/mol. The predicted octanol–water partition coefficient (Wildman–Crippen LogP) is 2.61. The van der Waals surface area contributed by atoms with Gasteiger partial charge in [0, 0.05) is 24.1 Å². The molecule has 20 heavy (non-hydrogen) atoms. The maximum Gasteiger partial charge on any atom is 0.224 e. The number of carbonyl (C=O) groups is 1. The van der Waals surface area contributed by atoms with Crippen molar-refractivity contribution >= 4 is 29.9 Å². The third-order valence-corrected chi connectivity index (χ3v) is 6.82. The van der Waals surface area contributed by atoms with E-state index in [2.05, 4.69) is 32.0 Å². The normalized spacial score (nSPS) is 26.2. The highest BCUT2D eigenvalue weighted by Gasteiger charge is 2.42. The fraction of sp³-hybridized carbons (Fsp3) is 0.857. The number of hydrogen-bond donors (Lipinski definition) is 0. The molecule has 0 aromatic carbocycles. The lowest BCUT2D eigenvalue weighted by atomic mass is 10.2. The lowest BCUT2D eigenvalue weighted by Crippen LogP contribution is -2.48. The van der Waals surface area contributed by atoms with Crippen LogP contribution in [0.15, 0.2) is 0 Å². The van der Waals surface area contributed by atoms with Crippen molar-refractivity contribution in [3.8, 4) is 6.07 Å². The monoisotopic (exact) mass is 315 g/mol. The van der Waals surface area contributed by atoms with E-state index in [0.29, 0.717) is 12.6 Å². The van der Waals surface area contributed by atoms with Crippen LogP contribution < -0.4 is 0 Å². The molecule has 114 valence electrons. The van der Waals surface area contributed by atoms with Crippen LogP contribution >= 0.6 is 23.5 Å². The Balaban J connectivity index is 2.58. The van der Waals surface area contributed by atoms with Crippen LogP contribution in [0, 0.1) is 11.3 Å². The molecular weight excluding hydrogens is 290 g/mol. The van der Waals surface area contributed by atoms with E-state index in [-0.39, 0.29) is 0 Å². The van der Waals surface area contributed by atoms with E-state index in [1.165, 1.54) is 12.8 Å². The Morgan fingerprint density at radius 3 is 2.40 bits per heavy atom. The summed E-state index contributed by atoms with van der Waals surface area (Å²) in [5, 5.41) is 9.56. The average Bonchev–Trinajstić information content (AvgIpc) is 2.47. The Hall–Kier alpha value is -0.380. The van der Waals surface area contributed by atoms with Gasteiger partial charge in [-0.2, -0.15) is 5.26 Å². The summed E-state index contributed by atoms with van der Waals surface area (Å²) in [6.45, 7) is 2.85. The van der Waals surface area contributed by atoms with Gasteiger partial charge in [0.25, 0.3) is 0 Å². The van der Waals surface area contributed by atoms with Crippen LogP contribution in [-0.4, -0.2) is 58.6 Å². The number of unbranched alkanes of at least 4 members (excludes halogenated alkanes) is 3. The van der Waals surface area contributed by atoms with Gasteiger partial charge in [0.2, 0.25) is 10.6 Å². The minimum atomic E-state index is -0.722. The van der Waals surface area contributed by atoms with Crippen molar-refractivity contribution in [2.45, 2.75) is 42.9 Å². The molecule has 1 fully saturated rings. The second-order valence-corrected chi connectivity index (χ2v) is 7.98. The van der Waals surface area contributed by atoms with Crippen LogP contribution in [0.2, 0.25) is 0 Å². The molecule has 0 N–H and O–H groups in total. The molecule has 0 saturated carbocycles. The summed E-state index contributed by atoms with van der Waals surface area (Å²) in [5.41, 5.74) is 0. The van der Waals surface area contributed by atoms with Crippen molar-refractivity contribution in [1.82, 2.24) is 9.80 Å². The number of nitriles is 1. The summed E-state index contributed by atoms with van der Waals surface area (Å²) in [6, 6.07) is 2.84. The molecule has 6 heteroatoms. The van der Waals surface area contributed by atoms with Crippen LogP contribution in [0.1, 0.15) is 32.6 Å². The first kappa shape index (κ1) is 17.7.